The van der Waals surface area contributed by atoms with Crippen molar-refractivity contribution in [1.29, 1.82) is 0 Å². The van der Waals surface area contributed by atoms with Gasteiger partial charge < -0.3 is 4.74 Å². The molecule has 10 heavy (non-hydrogen) atoms. The number of hydrogen-bond acceptors (Lipinski definition) is 3. The normalized spacial score (nSPS) is 16.0. The second kappa shape index (κ2) is 3.53. The van der Waals surface area contributed by atoms with Crippen LogP contribution in [0.1, 0.15) is 20.3 Å². The van der Waals surface area contributed by atoms with Gasteiger partial charge in [0.15, 0.2) is 0 Å². The fourth-order valence-corrected chi connectivity index (χ4v) is 0.550. The zero-order valence-electron chi connectivity index (χ0n) is 6.60. The van der Waals surface area contributed by atoms with Gasteiger partial charge in [0, 0.05) is 7.11 Å². The minimum Gasteiger partial charge on any atom is -0.369 e. The highest BCUT2D eigenvalue weighted by atomic mass is 16.5. The minimum absolute atomic E-state index is 0.294. The quantitative estimate of drug-likeness (QED) is 0.329. The first-order chi connectivity index (χ1) is 4.60. The predicted octanol–water partition coefficient (Wildman–Crippen LogP) is -0.209. The average Bonchev–Trinajstić information content (AvgIpc) is 2.01. The molecular formula is C6H14N2O2. The van der Waals surface area contributed by atoms with Crippen molar-refractivity contribution in [2.24, 2.45) is 5.84 Å². The standard InChI is InChI=1S/C6H14N2O2/c1-4-6(2,10-3)5(9)8-7/h4,7H2,1-3H3,(H,8,9)/t6-/m1/s1. The van der Waals surface area contributed by atoms with Crippen LogP contribution in [0.5, 0.6) is 0 Å². The number of methoxy groups -OCH3 is 1. The summed E-state index contributed by atoms with van der Waals surface area (Å²) in [6, 6.07) is 0. The Morgan fingerprint density at radius 3 is 2.40 bits per heavy atom. The van der Waals surface area contributed by atoms with E-state index in [4.69, 9.17) is 10.6 Å². The van der Waals surface area contributed by atoms with Crippen LogP contribution in [0.25, 0.3) is 0 Å². The topological polar surface area (TPSA) is 64.3 Å². The zero-order valence-corrected chi connectivity index (χ0v) is 6.60. The summed E-state index contributed by atoms with van der Waals surface area (Å²) in [7, 11) is 1.48. The van der Waals surface area contributed by atoms with Crippen molar-refractivity contribution in [2.45, 2.75) is 25.9 Å². The molecule has 0 spiro atoms. The van der Waals surface area contributed by atoms with Gasteiger partial charge in [-0.1, -0.05) is 6.92 Å². The highest BCUT2D eigenvalue weighted by Gasteiger charge is 2.29. The van der Waals surface area contributed by atoms with Crippen molar-refractivity contribution in [3.63, 3.8) is 0 Å². The van der Waals surface area contributed by atoms with Crippen LogP contribution in [-0.2, 0) is 9.53 Å². The van der Waals surface area contributed by atoms with Gasteiger partial charge in [-0.3, -0.25) is 10.2 Å². The molecular weight excluding hydrogens is 132 g/mol. The Labute approximate surface area is 60.7 Å². The molecule has 0 aromatic carbocycles. The van der Waals surface area contributed by atoms with Crippen LogP contribution in [0.15, 0.2) is 0 Å². The number of hydrogen-bond donors (Lipinski definition) is 2. The van der Waals surface area contributed by atoms with Crippen LogP contribution in [0.2, 0.25) is 0 Å². The summed E-state index contributed by atoms with van der Waals surface area (Å²) < 4.78 is 4.95. The van der Waals surface area contributed by atoms with Gasteiger partial charge in [0.2, 0.25) is 0 Å². The molecule has 0 fully saturated rings. The number of ether oxygens (including phenoxy) is 1. The molecule has 0 radical (unpaired) electrons. The largest absolute Gasteiger partial charge is 0.369 e. The van der Waals surface area contributed by atoms with Gasteiger partial charge in [-0.15, -0.1) is 0 Å². The summed E-state index contributed by atoms with van der Waals surface area (Å²) in [5.41, 5.74) is 1.26. The van der Waals surface area contributed by atoms with Crippen LogP contribution in [-0.4, -0.2) is 18.6 Å². The number of nitrogens with two attached hydrogens (primary N) is 1. The molecule has 0 rings (SSSR count). The van der Waals surface area contributed by atoms with E-state index in [9.17, 15) is 4.79 Å². The summed E-state index contributed by atoms with van der Waals surface area (Å²) in [6.07, 6.45) is 0.604. The Balaban J connectivity index is 4.17. The monoisotopic (exact) mass is 146 g/mol. The van der Waals surface area contributed by atoms with Gasteiger partial charge in [-0.25, -0.2) is 5.84 Å². The molecule has 0 bridgehead atoms. The predicted molar refractivity (Wildman–Crippen MR) is 38.0 cm³/mol. The number of hydrazine groups is 1. The van der Waals surface area contributed by atoms with Crippen LogP contribution in [0, 0.1) is 0 Å². The van der Waals surface area contributed by atoms with Gasteiger partial charge in [0.25, 0.3) is 5.91 Å². The highest BCUT2D eigenvalue weighted by Crippen LogP contribution is 2.12. The van der Waals surface area contributed by atoms with Gasteiger partial charge >= 0.3 is 0 Å². The molecule has 0 saturated carbocycles. The Kier molecular flexibility index (Phi) is 3.32. The number of amides is 1. The summed E-state index contributed by atoms with van der Waals surface area (Å²) in [4.78, 5) is 10.9. The van der Waals surface area contributed by atoms with E-state index in [1.807, 2.05) is 12.3 Å². The lowest BCUT2D eigenvalue weighted by Crippen LogP contribution is -2.48. The maximum atomic E-state index is 10.9. The maximum Gasteiger partial charge on any atom is 0.265 e. The summed E-state index contributed by atoms with van der Waals surface area (Å²) in [5, 5.41) is 0. The summed E-state index contributed by atoms with van der Waals surface area (Å²) in [5.74, 6) is 4.64. The molecule has 0 aromatic rings. The molecule has 0 unspecified atom stereocenters. The lowest BCUT2D eigenvalue weighted by Gasteiger charge is -2.23. The van der Waals surface area contributed by atoms with Crippen molar-refractivity contribution in [1.82, 2.24) is 5.43 Å². The SMILES string of the molecule is CC[C@@](C)(OC)C(=O)NN. The van der Waals surface area contributed by atoms with E-state index in [1.165, 1.54) is 7.11 Å². The Bertz CT molecular complexity index is 121. The molecule has 0 heterocycles. The van der Waals surface area contributed by atoms with Crippen molar-refractivity contribution in [3.05, 3.63) is 0 Å². The molecule has 0 aromatic heterocycles. The number of rotatable bonds is 3. The van der Waals surface area contributed by atoms with Crippen LogP contribution in [0.3, 0.4) is 0 Å². The van der Waals surface area contributed by atoms with Crippen molar-refractivity contribution >= 4 is 5.91 Å². The lowest BCUT2D eigenvalue weighted by atomic mass is 10.0. The van der Waals surface area contributed by atoms with E-state index in [2.05, 4.69) is 0 Å². The second-order valence-electron chi connectivity index (χ2n) is 2.26. The van der Waals surface area contributed by atoms with Crippen LogP contribution < -0.4 is 11.3 Å². The van der Waals surface area contributed by atoms with Crippen LogP contribution >= 0.6 is 0 Å². The van der Waals surface area contributed by atoms with E-state index < -0.39 is 5.60 Å². The summed E-state index contributed by atoms with van der Waals surface area (Å²) >= 11 is 0. The fourth-order valence-electron chi connectivity index (χ4n) is 0.550. The third kappa shape index (κ3) is 1.68. The fraction of sp³-hybridized carbons (Fsp3) is 0.833. The van der Waals surface area contributed by atoms with Crippen molar-refractivity contribution in [2.75, 3.05) is 7.11 Å². The van der Waals surface area contributed by atoms with Gasteiger partial charge in [-0.2, -0.15) is 0 Å². The zero-order chi connectivity index (χ0) is 8.20. The molecule has 4 heteroatoms. The van der Waals surface area contributed by atoms with Crippen molar-refractivity contribution < 1.29 is 9.53 Å². The van der Waals surface area contributed by atoms with Crippen molar-refractivity contribution in [3.8, 4) is 0 Å². The molecule has 0 aliphatic heterocycles. The first-order valence-electron chi connectivity index (χ1n) is 3.17. The Morgan fingerprint density at radius 1 is 1.80 bits per heavy atom. The Hall–Kier alpha value is -0.610. The molecule has 60 valence electrons. The lowest BCUT2D eigenvalue weighted by molar-refractivity contribution is -0.141. The van der Waals surface area contributed by atoms with Gasteiger partial charge in [0.05, 0.1) is 0 Å². The van der Waals surface area contributed by atoms with Crippen LogP contribution in [0.4, 0.5) is 0 Å². The molecule has 1 atom stereocenters. The van der Waals surface area contributed by atoms with Gasteiger partial charge in [-0.05, 0) is 13.3 Å². The third-order valence-electron chi connectivity index (χ3n) is 1.74. The molecule has 0 aliphatic carbocycles. The minimum atomic E-state index is -0.783. The molecule has 0 aliphatic rings. The summed E-state index contributed by atoms with van der Waals surface area (Å²) in [6.45, 7) is 3.55. The Morgan fingerprint density at radius 2 is 2.30 bits per heavy atom. The average molecular weight is 146 g/mol. The van der Waals surface area contributed by atoms with E-state index >= 15 is 0 Å². The molecule has 3 N–H and O–H groups in total. The molecule has 1 amide bonds. The van der Waals surface area contributed by atoms with Gasteiger partial charge in [0.1, 0.15) is 5.60 Å². The molecule has 4 nitrogen and oxygen atoms in total. The van der Waals surface area contributed by atoms with E-state index in [-0.39, 0.29) is 5.91 Å². The number of nitrogens with one attached hydrogen (secondary N) is 1. The third-order valence-corrected chi connectivity index (χ3v) is 1.74. The van der Waals surface area contributed by atoms with E-state index in [0.29, 0.717) is 6.42 Å². The van der Waals surface area contributed by atoms with E-state index in [0.717, 1.165) is 0 Å². The number of carbonyl (C=O) groups is 1. The number of carbonyl (C=O) groups excluding carboxylic acids is 1. The first-order valence-corrected chi connectivity index (χ1v) is 3.17. The second-order valence-corrected chi connectivity index (χ2v) is 2.26. The van der Waals surface area contributed by atoms with E-state index in [1.54, 1.807) is 6.92 Å². The molecule has 0 saturated heterocycles. The first kappa shape index (κ1) is 9.39. The smallest absolute Gasteiger partial charge is 0.265 e. The highest BCUT2D eigenvalue weighted by molar-refractivity contribution is 5.84. The maximum absolute atomic E-state index is 10.9.